The molecule has 0 fully saturated rings. The van der Waals surface area contributed by atoms with Gasteiger partial charge >= 0.3 is 17.1 Å². The van der Waals surface area contributed by atoms with Crippen molar-refractivity contribution in [3.05, 3.63) is 48.3 Å². The van der Waals surface area contributed by atoms with Crippen LogP contribution < -0.4 is 24.8 Å². The van der Waals surface area contributed by atoms with Crippen LogP contribution in [0.25, 0.3) is 21.8 Å². The van der Waals surface area contributed by atoms with Crippen LogP contribution in [0.4, 0.5) is 0 Å². The number of hydrogen-bond donors (Lipinski definition) is 0. The van der Waals surface area contributed by atoms with Crippen LogP contribution in [0.1, 0.15) is 24.3 Å². The van der Waals surface area contributed by atoms with Crippen molar-refractivity contribution in [2.75, 3.05) is 0 Å². The first-order chi connectivity index (χ1) is 9.16. The van der Waals surface area contributed by atoms with Crippen LogP contribution in [0.2, 0.25) is 0 Å². The molecule has 0 saturated carbocycles. The van der Waals surface area contributed by atoms with Crippen LogP contribution in [0, 0.1) is 5.92 Å². The first-order valence-electron chi connectivity index (χ1n) is 6.35. The van der Waals surface area contributed by atoms with E-state index in [2.05, 4.69) is 9.97 Å². The number of fused-ring (bicyclic) bond motifs is 3. The van der Waals surface area contributed by atoms with E-state index >= 15 is 0 Å². The van der Waals surface area contributed by atoms with Crippen molar-refractivity contribution in [1.29, 1.82) is 0 Å². The number of carbonyl (C=O) groups excluding carboxylic acids is 1. The van der Waals surface area contributed by atoms with Crippen LogP contribution in [-0.4, -0.2) is 15.8 Å². The number of pyridine rings is 2. The largest absolute Gasteiger partial charge is 2.00 e. The summed E-state index contributed by atoms with van der Waals surface area (Å²) in [5, 5.41) is 2.04. The second-order valence-electron chi connectivity index (χ2n) is 4.93. The van der Waals surface area contributed by atoms with E-state index in [9.17, 15) is 4.79 Å². The van der Waals surface area contributed by atoms with E-state index in [1.54, 1.807) is 12.3 Å². The molecule has 0 bridgehead atoms. The van der Waals surface area contributed by atoms with Crippen molar-refractivity contribution in [2.45, 2.75) is 13.8 Å². The van der Waals surface area contributed by atoms with E-state index in [0.717, 1.165) is 21.8 Å². The Morgan fingerprint density at radius 3 is 2.18 bits per heavy atom. The molecule has 0 radical (unpaired) electrons. The number of Topliss-reactive ketones (excluding diaryl/α,β-unsaturated/α-hetero) is 1. The molecule has 0 aliphatic heterocycles. The summed E-state index contributed by atoms with van der Waals surface area (Å²) in [6, 6.07) is 11.7. The minimum Gasteiger partial charge on any atom is -1.00 e. The van der Waals surface area contributed by atoms with Gasteiger partial charge in [-0.3, -0.25) is 9.78 Å². The Morgan fingerprint density at radius 1 is 0.955 bits per heavy atom. The minimum atomic E-state index is -0.0483. The summed E-state index contributed by atoms with van der Waals surface area (Å²) in [6.07, 6.45) is 1.75. The van der Waals surface area contributed by atoms with Crippen molar-refractivity contribution in [3.8, 4) is 0 Å². The van der Waals surface area contributed by atoms with Crippen molar-refractivity contribution < 1.29 is 46.7 Å². The number of aromatic nitrogens is 2. The Bertz CT molecular complexity index is 793. The van der Waals surface area contributed by atoms with Gasteiger partial charge in [-0.1, -0.05) is 38.1 Å². The first-order valence-corrected chi connectivity index (χ1v) is 6.35. The van der Waals surface area contributed by atoms with Crippen molar-refractivity contribution >= 4 is 27.6 Å². The van der Waals surface area contributed by atoms with Crippen molar-refractivity contribution in [1.82, 2.24) is 9.97 Å². The van der Waals surface area contributed by atoms with Crippen LogP contribution >= 0.6 is 0 Å². The summed E-state index contributed by atoms with van der Waals surface area (Å²) in [5.74, 6) is 0.0164. The van der Waals surface area contributed by atoms with Gasteiger partial charge in [-0.25, -0.2) is 4.98 Å². The molecular weight excluding hydrogens is 363 g/mol. The third-order valence-electron chi connectivity index (χ3n) is 3.21. The molecule has 0 N–H and O–H groups in total. The molecule has 0 saturated heterocycles. The molecule has 0 aliphatic rings. The van der Waals surface area contributed by atoms with Gasteiger partial charge < -0.3 is 24.8 Å². The monoisotopic (exact) mass is 376 g/mol. The number of benzene rings is 1. The quantitative estimate of drug-likeness (QED) is 0.285. The molecule has 3 nitrogen and oxygen atoms in total. The van der Waals surface area contributed by atoms with Crippen molar-refractivity contribution in [2.24, 2.45) is 5.92 Å². The summed E-state index contributed by atoms with van der Waals surface area (Å²) >= 11 is 0. The predicted molar refractivity (Wildman–Crippen MR) is 76.2 cm³/mol. The van der Waals surface area contributed by atoms with Crippen LogP contribution in [0.5, 0.6) is 0 Å². The molecule has 0 aliphatic carbocycles. The van der Waals surface area contributed by atoms with Gasteiger partial charge in [-0.05, 0) is 12.1 Å². The zero-order chi connectivity index (χ0) is 13.4. The molecule has 0 spiro atoms. The Kier molecular flexibility index (Phi) is 7.99. The smallest absolute Gasteiger partial charge is 1.00 e. The summed E-state index contributed by atoms with van der Waals surface area (Å²) in [4.78, 5) is 20.9. The minimum absolute atomic E-state index is 0. The summed E-state index contributed by atoms with van der Waals surface area (Å²) in [5.41, 5.74) is 2.16. The Hall–Kier alpha value is -1.19. The third kappa shape index (κ3) is 3.76. The molecule has 0 atom stereocenters. The molecule has 3 aromatic rings. The fourth-order valence-corrected chi connectivity index (χ4v) is 2.16. The molecule has 6 heteroatoms. The van der Waals surface area contributed by atoms with Gasteiger partial charge in [-0.15, -0.1) is 0 Å². The Balaban J connectivity index is 0.00000147. The maximum Gasteiger partial charge on any atom is 2.00 e. The predicted octanol–water partition coefficient (Wildman–Crippen LogP) is -2.37. The number of nitrogens with zero attached hydrogens (tertiary/aromatic N) is 2. The zero-order valence-electron chi connectivity index (χ0n) is 12.0. The van der Waals surface area contributed by atoms with Gasteiger partial charge in [0.15, 0.2) is 5.78 Å². The average Bonchev–Trinajstić information content (AvgIpc) is 2.45. The average molecular weight is 377 g/mol. The number of carbonyl (C=O) groups is 1. The topological polar surface area (TPSA) is 42.9 Å². The SMILES string of the molecule is CC(C)C(=O)c1ccc2ccc3cccnc3c2n1.[Cl-].[Cl-].[Fe+2]. The van der Waals surface area contributed by atoms with Gasteiger partial charge in [0, 0.05) is 22.9 Å². The van der Waals surface area contributed by atoms with E-state index in [1.165, 1.54) is 0 Å². The van der Waals surface area contributed by atoms with Crippen molar-refractivity contribution in [3.63, 3.8) is 0 Å². The second kappa shape index (κ2) is 8.44. The fraction of sp³-hybridized carbons (Fsp3) is 0.188. The maximum absolute atomic E-state index is 12.0. The molecular formula is C16H14Cl2FeN2O. The van der Waals surface area contributed by atoms with E-state index in [-0.39, 0.29) is 53.6 Å². The number of rotatable bonds is 2. The summed E-state index contributed by atoms with van der Waals surface area (Å²) in [6.45, 7) is 3.77. The molecule has 3 rings (SSSR count). The number of halogens is 2. The molecule has 1 aromatic carbocycles. The van der Waals surface area contributed by atoms with Crippen LogP contribution in [0.15, 0.2) is 42.6 Å². The molecule has 2 aromatic heterocycles. The molecule has 0 unspecified atom stereocenters. The Labute approximate surface area is 152 Å². The van der Waals surface area contributed by atoms with E-state index in [0.29, 0.717) is 5.69 Å². The maximum atomic E-state index is 12.0. The number of hydrogen-bond acceptors (Lipinski definition) is 3. The molecule has 22 heavy (non-hydrogen) atoms. The van der Waals surface area contributed by atoms with Crippen LogP contribution in [-0.2, 0) is 17.1 Å². The zero-order valence-corrected chi connectivity index (χ0v) is 14.6. The summed E-state index contributed by atoms with van der Waals surface area (Å²) in [7, 11) is 0. The Morgan fingerprint density at radius 2 is 1.55 bits per heavy atom. The first kappa shape index (κ1) is 20.8. The van der Waals surface area contributed by atoms with Gasteiger partial charge in [0.1, 0.15) is 5.69 Å². The third-order valence-corrected chi connectivity index (χ3v) is 3.21. The van der Waals surface area contributed by atoms with E-state index < -0.39 is 0 Å². The van der Waals surface area contributed by atoms with E-state index in [4.69, 9.17) is 0 Å². The molecule has 2 heterocycles. The molecule has 0 amide bonds. The second-order valence-corrected chi connectivity index (χ2v) is 4.93. The normalized spacial score (nSPS) is 9.77. The molecule has 116 valence electrons. The number of ketones is 1. The van der Waals surface area contributed by atoms with Gasteiger partial charge in [0.05, 0.1) is 11.0 Å². The standard InChI is InChI=1S/C16H14N2O.2ClH.Fe/c1-10(2)16(19)13-8-7-12-6-5-11-4-3-9-17-14(11)15(12)18-13;;;/h3-10H,1-2H3;2*1H;/q;;;+2/p-2. The van der Waals surface area contributed by atoms with Gasteiger partial charge in [0.25, 0.3) is 0 Å². The van der Waals surface area contributed by atoms with E-state index in [1.807, 2.05) is 44.2 Å². The van der Waals surface area contributed by atoms with Gasteiger partial charge in [-0.2, -0.15) is 0 Å². The van der Waals surface area contributed by atoms with Crippen LogP contribution in [0.3, 0.4) is 0 Å². The van der Waals surface area contributed by atoms with Gasteiger partial charge in [0.2, 0.25) is 0 Å². The summed E-state index contributed by atoms with van der Waals surface area (Å²) < 4.78 is 0. The fourth-order valence-electron chi connectivity index (χ4n) is 2.16.